The van der Waals surface area contributed by atoms with Gasteiger partial charge >= 0.3 is 0 Å². The highest BCUT2D eigenvalue weighted by Gasteiger charge is 1.99. The van der Waals surface area contributed by atoms with E-state index in [0.29, 0.717) is 0 Å². The molecule has 3 aromatic rings. The van der Waals surface area contributed by atoms with Gasteiger partial charge in [-0.2, -0.15) is 13.5 Å². The molecule has 0 amide bonds. The van der Waals surface area contributed by atoms with Crippen LogP contribution in [0, 0.1) is 0 Å². The summed E-state index contributed by atoms with van der Waals surface area (Å²) in [7, 11) is 0. The maximum absolute atomic E-state index is 3.45. The van der Waals surface area contributed by atoms with Crippen molar-refractivity contribution in [3.8, 4) is 0 Å². The standard InChI is InChI=1S/C16H13N.ClH.H3N.H2S/c1-2-9-14(10-3-1)17-16-12-6-8-13-7-4-5-11-15(13)16;;;/h1-12,17H;1H;1H3;1H2. The van der Waals surface area contributed by atoms with Crippen LogP contribution in [-0.4, -0.2) is 0 Å². The molecule has 2 nitrogen and oxygen atoms in total. The Labute approximate surface area is 132 Å². The van der Waals surface area contributed by atoms with Crippen LogP contribution in [0.25, 0.3) is 10.8 Å². The highest BCUT2D eigenvalue weighted by molar-refractivity contribution is 7.59. The van der Waals surface area contributed by atoms with Gasteiger partial charge in [-0.1, -0.05) is 54.6 Å². The third-order valence-electron chi connectivity index (χ3n) is 2.84. The molecule has 0 unspecified atom stereocenters. The predicted octanol–water partition coefficient (Wildman–Crippen LogP) is 5.28. The van der Waals surface area contributed by atoms with E-state index in [0.717, 1.165) is 11.4 Å². The Morgan fingerprint density at radius 2 is 1.25 bits per heavy atom. The zero-order valence-corrected chi connectivity index (χ0v) is 12.9. The summed E-state index contributed by atoms with van der Waals surface area (Å²) in [6.07, 6.45) is 0. The van der Waals surface area contributed by atoms with Gasteiger partial charge in [-0.05, 0) is 23.6 Å². The van der Waals surface area contributed by atoms with E-state index in [1.54, 1.807) is 0 Å². The number of hydrogen-bond donors (Lipinski definition) is 2. The van der Waals surface area contributed by atoms with Crippen LogP contribution >= 0.6 is 25.9 Å². The molecule has 0 radical (unpaired) electrons. The van der Waals surface area contributed by atoms with E-state index in [1.807, 2.05) is 18.2 Å². The van der Waals surface area contributed by atoms with Crippen LogP contribution in [0.3, 0.4) is 0 Å². The van der Waals surface area contributed by atoms with Crippen LogP contribution in [-0.2, 0) is 0 Å². The summed E-state index contributed by atoms with van der Waals surface area (Å²) in [6, 6.07) is 25.0. The zero-order chi connectivity index (χ0) is 11.5. The maximum atomic E-state index is 3.45. The fourth-order valence-corrected chi connectivity index (χ4v) is 2.01. The van der Waals surface area contributed by atoms with Gasteiger partial charge in [0.1, 0.15) is 0 Å². The van der Waals surface area contributed by atoms with Gasteiger partial charge in [0.05, 0.1) is 0 Å². The van der Waals surface area contributed by atoms with Crippen molar-refractivity contribution in [2.45, 2.75) is 0 Å². The summed E-state index contributed by atoms with van der Waals surface area (Å²) in [4.78, 5) is 0. The predicted molar refractivity (Wildman–Crippen MR) is 96.3 cm³/mol. The molecule has 0 spiro atoms. The van der Waals surface area contributed by atoms with Crippen LogP contribution < -0.4 is 11.5 Å². The van der Waals surface area contributed by atoms with Crippen LogP contribution in [0.4, 0.5) is 11.4 Å². The van der Waals surface area contributed by atoms with Crippen molar-refractivity contribution in [1.29, 1.82) is 0 Å². The third-order valence-corrected chi connectivity index (χ3v) is 2.84. The molecule has 0 aromatic heterocycles. The Balaban J connectivity index is 0.00000120. The molecule has 0 saturated carbocycles. The van der Waals surface area contributed by atoms with Gasteiger partial charge in [-0.15, -0.1) is 12.4 Å². The lowest BCUT2D eigenvalue weighted by Gasteiger charge is -2.09. The van der Waals surface area contributed by atoms with Crippen molar-refractivity contribution in [3.63, 3.8) is 0 Å². The Morgan fingerprint density at radius 3 is 2.00 bits per heavy atom. The third kappa shape index (κ3) is 3.90. The van der Waals surface area contributed by atoms with E-state index in [-0.39, 0.29) is 32.1 Å². The first-order valence-electron chi connectivity index (χ1n) is 5.73. The molecular formula is C16H19ClN2S. The van der Waals surface area contributed by atoms with Crippen molar-refractivity contribution in [1.82, 2.24) is 6.15 Å². The lowest BCUT2D eigenvalue weighted by atomic mass is 10.1. The molecule has 4 heteroatoms. The second-order valence-corrected chi connectivity index (χ2v) is 4.02. The molecule has 106 valence electrons. The highest BCUT2D eigenvalue weighted by Crippen LogP contribution is 2.25. The molecule has 0 aliphatic rings. The highest BCUT2D eigenvalue weighted by atomic mass is 35.5. The molecule has 0 heterocycles. The van der Waals surface area contributed by atoms with E-state index < -0.39 is 0 Å². The second-order valence-electron chi connectivity index (χ2n) is 4.02. The smallest absolute Gasteiger partial charge is 0.0463 e. The maximum Gasteiger partial charge on any atom is 0.0463 e. The van der Waals surface area contributed by atoms with E-state index >= 15 is 0 Å². The topological polar surface area (TPSA) is 47.0 Å². The summed E-state index contributed by atoms with van der Waals surface area (Å²) < 4.78 is 0. The van der Waals surface area contributed by atoms with E-state index in [1.165, 1.54) is 10.8 Å². The second kappa shape index (κ2) is 8.48. The Bertz CT molecular complexity index is 639. The van der Waals surface area contributed by atoms with Crippen molar-refractivity contribution >= 4 is 48.0 Å². The number of benzene rings is 3. The zero-order valence-electron chi connectivity index (χ0n) is 11.0. The van der Waals surface area contributed by atoms with Gasteiger partial charge in [-0.3, -0.25) is 0 Å². The molecule has 0 saturated heterocycles. The molecule has 4 N–H and O–H groups in total. The summed E-state index contributed by atoms with van der Waals surface area (Å²) >= 11 is 0. The van der Waals surface area contributed by atoms with Gasteiger partial charge in [0.15, 0.2) is 0 Å². The molecular weight excluding hydrogens is 288 g/mol. The number of anilines is 2. The van der Waals surface area contributed by atoms with Crippen LogP contribution in [0.1, 0.15) is 0 Å². The Kier molecular flexibility index (Phi) is 7.77. The SMILES string of the molecule is Cl.N.S.c1ccc(Nc2cccc3ccccc23)cc1. The minimum absolute atomic E-state index is 0. The average Bonchev–Trinajstić information content (AvgIpc) is 2.40. The number of nitrogens with one attached hydrogen (secondary N) is 1. The van der Waals surface area contributed by atoms with Crippen molar-refractivity contribution in [3.05, 3.63) is 72.8 Å². The van der Waals surface area contributed by atoms with E-state index in [2.05, 4.69) is 59.9 Å². The van der Waals surface area contributed by atoms with Gasteiger partial charge < -0.3 is 11.5 Å². The molecule has 20 heavy (non-hydrogen) atoms. The Hall–Kier alpha value is -1.68. The Morgan fingerprint density at radius 1 is 0.650 bits per heavy atom. The minimum Gasteiger partial charge on any atom is -0.355 e. The fourth-order valence-electron chi connectivity index (χ4n) is 2.01. The quantitative estimate of drug-likeness (QED) is 0.676. The number of halogens is 1. The van der Waals surface area contributed by atoms with Crippen LogP contribution in [0.2, 0.25) is 0 Å². The van der Waals surface area contributed by atoms with Gasteiger partial charge in [0, 0.05) is 16.8 Å². The summed E-state index contributed by atoms with van der Waals surface area (Å²) in [5, 5.41) is 5.95. The lowest BCUT2D eigenvalue weighted by Crippen LogP contribution is -1.90. The molecule has 0 bridgehead atoms. The first-order chi connectivity index (χ1) is 8.43. The molecule has 0 fully saturated rings. The summed E-state index contributed by atoms with van der Waals surface area (Å²) in [5.41, 5.74) is 2.26. The molecule has 0 aliphatic carbocycles. The van der Waals surface area contributed by atoms with Crippen molar-refractivity contribution in [2.75, 3.05) is 5.32 Å². The molecule has 0 atom stereocenters. The van der Waals surface area contributed by atoms with Crippen molar-refractivity contribution < 1.29 is 0 Å². The molecule has 3 aromatic carbocycles. The van der Waals surface area contributed by atoms with Crippen molar-refractivity contribution in [2.24, 2.45) is 0 Å². The number of fused-ring (bicyclic) bond motifs is 1. The lowest BCUT2D eigenvalue weighted by molar-refractivity contribution is 1.58. The van der Waals surface area contributed by atoms with E-state index in [9.17, 15) is 0 Å². The molecule has 0 aliphatic heterocycles. The normalized spacial score (nSPS) is 8.80. The average molecular weight is 307 g/mol. The monoisotopic (exact) mass is 306 g/mol. The fraction of sp³-hybridized carbons (Fsp3) is 0. The van der Waals surface area contributed by atoms with Crippen LogP contribution in [0.5, 0.6) is 0 Å². The van der Waals surface area contributed by atoms with Crippen LogP contribution in [0.15, 0.2) is 72.8 Å². The van der Waals surface area contributed by atoms with Gasteiger partial charge in [0.2, 0.25) is 0 Å². The number of para-hydroxylation sites is 1. The first-order valence-corrected chi connectivity index (χ1v) is 5.73. The minimum atomic E-state index is 0. The summed E-state index contributed by atoms with van der Waals surface area (Å²) in [5.74, 6) is 0. The first kappa shape index (κ1) is 18.3. The number of rotatable bonds is 2. The van der Waals surface area contributed by atoms with Gasteiger partial charge in [-0.25, -0.2) is 0 Å². The van der Waals surface area contributed by atoms with Gasteiger partial charge in [0.25, 0.3) is 0 Å². The summed E-state index contributed by atoms with van der Waals surface area (Å²) in [6.45, 7) is 0. The number of hydrogen-bond acceptors (Lipinski definition) is 2. The largest absolute Gasteiger partial charge is 0.355 e. The van der Waals surface area contributed by atoms with E-state index in [4.69, 9.17) is 0 Å². The molecule has 3 rings (SSSR count).